The van der Waals surface area contributed by atoms with E-state index in [2.05, 4.69) is 28.1 Å². The van der Waals surface area contributed by atoms with Gasteiger partial charge < -0.3 is 25.4 Å². The van der Waals surface area contributed by atoms with Crippen molar-refractivity contribution < 1.29 is 29.0 Å². The topological polar surface area (TPSA) is 137 Å². The molecule has 2 aliphatic heterocycles. The summed E-state index contributed by atoms with van der Waals surface area (Å²) >= 11 is 6.27. The zero-order valence-electron chi connectivity index (χ0n) is 30.1. The number of hydrogen-bond acceptors (Lipinski definition) is 7. The Morgan fingerprint density at radius 3 is 2.30 bits per heavy atom. The number of rotatable bonds is 17. The number of piperidine rings is 1. The SMILES string of the molecule is O=C(CCCCCNc1cccc2c1CN(C1CCC(=O)NC1=O)C2=O)NCCOc1ccc(C(=C(CCCl)c2ccccc2)c2ccc(O)cc2)cc1. The van der Waals surface area contributed by atoms with Gasteiger partial charge in [0.2, 0.25) is 17.7 Å². The Labute approximate surface area is 320 Å². The number of fused-ring (bicyclic) bond motifs is 1. The van der Waals surface area contributed by atoms with Crippen molar-refractivity contribution in [1.29, 1.82) is 0 Å². The molecular formula is C43H45ClN4O6. The molecule has 1 fully saturated rings. The van der Waals surface area contributed by atoms with E-state index in [9.17, 15) is 24.3 Å². The number of halogens is 1. The first kappa shape index (κ1) is 38.1. The Bertz CT molecular complexity index is 1980. The molecule has 280 valence electrons. The van der Waals surface area contributed by atoms with Gasteiger partial charge in [-0.2, -0.15) is 0 Å². The van der Waals surface area contributed by atoms with Gasteiger partial charge in [-0.15, -0.1) is 11.6 Å². The number of allylic oxidation sites excluding steroid dienone is 1. The maximum absolute atomic E-state index is 13.1. The molecule has 0 spiro atoms. The first-order valence-electron chi connectivity index (χ1n) is 18.5. The average molecular weight is 749 g/mol. The van der Waals surface area contributed by atoms with Crippen molar-refractivity contribution >= 4 is 52.1 Å². The van der Waals surface area contributed by atoms with Crippen molar-refractivity contribution in [2.75, 3.05) is 30.9 Å². The molecule has 1 saturated heterocycles. The van der Waals surface area contributed by atoms with Crippen LogP contribution in [0.3, 0.4) is 0 Å². The van der Waals surface area contributed by atoms with Gasteiger partial charge in [0.15, 0.2) is 0 Å². The van der Waals surface area contributed by atoms with Crippen molar-refractivity contribution in [3.63, 3.8) is 0 Å². The van der Waals surface area contributed by atoms with Gasteiger partial charge in [0.1, 0.15) is 24.1 Å². The third-order valence-electron chi connectivity index (χ3n) is 9.74. The smallest absolute Gasteiger partial charge is 0.255 e. The van der Waals surface area contributed by atoms with Crippen LogP contribution in [0.4, 0.5) is 5.69 Å². The maximum atomic E-state index is 13.1. The molecule has 6 rings (SSSR count). The minimum absolute atomic E-state index is 0.0220. The molecule has 2 aliphatic rings. The van der Waals surface area contributed by atoms with Gasteiger partial charge in [-0.05, 0) is 89.9 Å². The van der Waals surface area contributed by atoms with Gasteiger partial charge in [-0.25, -0.2) is 0 Å². The van der Waals surface area contributed by atoms with Crippen molar-refractivity contribution in [2.24, 2.45) is 0 Å². The fourth-order valence-electron chi connectivity index (χ4n) is 7.02. The number of anilines is 1. The van der Waals surface area contributed by atoms with Crippen LogP contribution in [0, 0.1) is 0 Å². The number of carbonyl (C=O) groups is 4. The predicted octanol–water partition coefficient (Wildman–Crippen LogP) is 6.91. The summed E-state index contributed by atoms with van der Waals surface area (Å²) in [5.74, 6) is 0.423. The summed E-state index contributed by atoms with van der Waals surface area (Å²) < 4.78 is 5.94. The first-order chi connectivity index (χ1) is 26.3. The minimum atomic E-state index is -0.644. The Morgan fingerprint density at radius 2 is 1.57 bits per heavy atom. The van der Waals surface area contributed by atoms with Crippen LogP contribution >= 0.6 is 11.6 Å². The number of hydrogen-bond donors (Lipinski definition) is 4. The third-order valence-corrected chi connectivity index (χ3v) is 9.93. The molecule has 1 atom stereocenters. The second-order valence-corrected chi connectivity index (χ2v) is 13.8. The van der Waals surface area contributed by atoms with E-state index >= 15 is 0 Å². The summed E-state index contributed by atoms with van der Waals surface area (Å²) in [6, 6.07) is 30.1. The predicted molar refractivity (Wildman–Crippen MR) is 210 cm³/mol. The zero-order chi connectivity index (χ0) is 37.9. The van der Waals surface area contributed by atoms with Crippen LogP contribution in [0.25, 0.3) is 11.1 Å². The number of nitrogens with zero attached hydrogens (tertiary/aromatic N) is 1. The summed E-state index contributed by atoms with van der Waals surface area (Å²) in [6.45, 7) is 1.73. The zero-order valence-corrected chi connectivity index (χ0v) is 30.9. The lowest BCUT2D eigenvalue weighted by atomic mass is 9.88. The molecule has 0 bridgehead atoms. The van der Waals surface area contributed by atoms with Crippen LogP contribution in [-0.4, -0.2) is 65.3 Å². The van der Waals surface area contributed by atoms with Gasteiger partial charge in [0.05, 0.1) is 6.54 Å². The molecule has 0 aromatic heterocycles. The molecule has 4 aromatic carbocycles. The fraction of sp³-hybridized carbons (Fsp3) is 0.302. The van der Waals surface area contributed by atoms with Crippen LogP contribution in [0.5, 0.6) is 11.5 Å². The van der Waals surface area contributed by atoms with Crippen molar-refractivity contribution in [3.05, 3.63) is 125 Å². The van der Waals surface area contributed by atoms with Crippen LogP contribution in [0.1, 0.15) is 77.6 Å². The Balaban J connectivity index is 0.923. The number of alkyl halides is 1. The molecule has 10 nitrogen and oxygen atoms in total. The molecule has 54 heavy (non-hydrogen) atoms. The highest BCUT2D eigenvalue weighted by Gasteiger charge is 2.39. The Morgan fingerprint density at radius 1 is 0.833 bits per heavy atom. The van der Waals surface area contributed by atoms with E-state index in [1.807, 2.05) is 66.7 Å². The van der Waals surface area contributed by atoms with Gasteiger partial charge in [0, 0.05) is 48.6 Å². The number of imide groups is 1. The number of amides is 4. The number of nitrogens with one attached hydrogen (secondary N) is 3. The molecule has 4 N–H and O–H groups in total. The fourth-order valence-corrected chi connectivity index (χ4v) is 7.21. The molecule has 2 heterocycles. The van der Waals surface area contributed by atoms with Gasteiger partial charge in [-0.3, -0.25) is 24.5 Å². The summed E-state index contributed by atoms with van der Waals surface area (Å²) in [4.78, 5) is 51.1. The van der Waals surface area contributed by atoms with E-state index < -0.39 is 11.9 Å². The van der Waals surface area contributed by atoms with Crippen molar-refractivity contribution in [2.45, 2.75) is 57.5 Å². The summed E-state index contributed by atoms with van der Waals surface area (Å²) in [5, 5.41) is 18.6. The number of benzene rings is 4. The second kappa shape index (κ2) is 18.4. The first-order valence-corrected chi connectivity index (χ1v) is 19.0. The van der Waals surface area contributed by atoms with Crippen LogP contribution in [-0.2, 0) is 20.9 Å². The number of carbonyl (C=O) groups excluding carboxylic acids is 4. The van der Waals surface area contributed by atoms with Gasteiger partial charge >= 0.3 is 0 Å². The summed E-state index contributed by atoms with van der Waals surface area (Å²) in [7, 11) is 0. The second-order valence-electron chi connectivity index (χ2n) is 13.4. The molecule has 0 saturated carbocycles. The lowest BCUT2D eigenvalue weighted by molar-refractivity contribution is -0.137. The lowest BCUT2D eigenvalue weighted by Crippen LogP contribution is -2.52. The van der Waals surface area contributed by atoms with Crippen molar-refractivity contribution in [1.82, 2.24) is 15.5 Å². The van der Waals surface area contributed by atoms with Crippen LogP contribution in [0.2, 0.25) is 0 Å². The molecule has 4 amide bonds. The Hall–Kier alpha value is -5.61. The molecule has 4 aromatic rings. The number of phenols is 1. The third kappa shape index (κ3) is 9.48. The van der Waals surface area contributed by atoms with E-state index in [-0.39, 0.29) is 29.9 Å². The summed E-state index contributed by atoms with van der Waals surface area (Å²) in [6.07, 6.45) is 4.10. The van der Waals surface area contributed by atoms with E-state index in [0.29, 0.717) is 62.7 Å². The highest BCUT2D eigenvalue weighted by atomic mass is 35.5. The monoisotopic (exact) mass is 748 g/mol. The van der Waals surface area contributed by atoms with Gasteiger partial charge in [0.25, 0.3) is 5.91 Å². The molecule has 0 radical (unpaired) electrons. The highest BCUT2D eigenvalue weighted by Crippen LogP contribution is 2.36. The quantitative estimate of drug-likeness (QED) is 0.0399. The number of unbranched alkanes of at least 4 members (excludes halogenated alkanes) is 2. The van der Waals surface area contributed by atoms with E-state index in [4.69, 9.17) is 16.3 Å². The maximum Gasteiger partial charge on any atom is 0.255 e. The van der Waals surface area contributed by atoms with Crippen molar-refractivity contribution in [3.8, 4) is 11.5 Å². The highest BCUT2D eigenvalue weighted by molar-refractivity contribution is 6.18. The van der Waals surface area contributed by atoms with E-state index in [1.165, 1.54) is 0 Å². The standard InChI is InChI=1S/C43H45ClN4O6/c44-24-23-34(29-8-3-1-4-9-29)41(30-13-17-32(49)18-14-30)31-15-19-33(20-16-31)54-27-26-46-39(50)12-5-2-6-25-45-37-11-7-10-35-36(37)28-48(43(35)53)38-21-22-40(51)47-42(38)52/h1,3-4,7-11,13-20,38,45,49H,2,5-6,12,21-28H2,(H,46,50)(H,47,51,52). The van der Waals surface area contributed by atoms with E-state index in [1.54, 1.807) is 23.1 Å². The number of ether oxygens (including phenoxy) is 1. The lowest BCUT2D eigenvalue weighted by Gasteiger charge is -2.29. The van der Waals surface area contributed by atoms with E-state index in [0.717, 1.165) is 58.3 Å². The molecule has 1 unspecified atom stereocenters. The van der Waals surface area contributed by atoms with Crippen LogP contribution < -0.4 is 20.7 Å². The summed E-state index contributed by atoms with van der Waals surface area (Å²) in [5.41, 5.74) is 7.51. The average Bonchev–Trinajstić information content (AvgIpc) is 3.52. The minimum Gasteiger partial charge on any atom is -0.508 e. The number of aromatic hydroxyl groups is 1. The largest absolute Gasteiger partial charge is 0.508 e. The normalized spacial score (nSPS) is 15.7. The molecular weight excluding hydrogens is 704 g/mol. The van der Waals surface area contributed by atoms with Gasteiger partial charge in [-0.1, -0.05) is 67.1 Å². The number of phenolic OH excluding ortho intramolecular Hbond substituents is 1. The van der Waals surface area contributed by atoms with Crippen LogP contribution in [0.15, 0.2) is 97.1 Å². The Kier molecular flexibility index (Phi) is 13.0. The molecule has 0 aliphatic carbocycles. The molecule has 11 heteroatoms.